The van der Waals surface area contributed by atoms with Crippen LogP contribution in [0.1, 0.15) is 52.9 Å². The molecule has 2 unspecified atom stereocenters. The molecular weight excluding hydrogens is 214 g/mol. The zero-order chi connectivity index (χ0) is 12.5. The van der Waals surface area contributed by atoms with Crippen molar-refractivity contribution in [3.8, 4) is 0 Å². The van der Waals surface area contributed by atoms with Crippen LogP contribution < -0.4 is 5.32 Å². The van der Waals surface area contributed by atoms with Gasteiger partial charge in [0.15, 0.2) is 0 Å². The molecule has 1 aliphatic carbocycles. The summed E-state index contributed by atoms with van der Waals surface area (Å²) in [4.78, 5) is 12.1. The monoisotopic (exact) mass is 239 g/mol. The minimum atomic E-state index is -0.195. The van der Waals surface area contributed by atoms with E-state index in [2.05, 4.69) is 26.1 Å². The van der Waals surface area contributed by atoms with Gasteiger partial charge in [-0.05, 0) is 30.6 Å². The molecule has 0 radical (unpaired) electrons. The van der Waals surface area contributed by atoms with Crippen LogP contribution in [-0.2, 0) is 9.53 Å². The Balaban J connectivity index is 1.88. The molecule has 0 bridgehead atoms. The van der Waals surface area contributed by atoms with Gasteiger partial charge < -0.3 is 10.1 Å². The van der Waals surface area contributed by atoms with Crippen molar-refractivity contribution < 1.29 is 9.53 Å². The van der Waals surface area contributed by atoms with E-state index in [1.807, 2.05) is 0 Å². The summed E-state index contributed by atoms with van der Waals surface area (Å²) in [6.07, 6.45) is 5.50. The van der Waals surface area contributed by atoms with Crippen molar-refractivity contribution in [3.63, 3.8) is 0 Å². The van der Waals surface area contributed by atoms with Gasteiger partial charge in [-0.3, -0.25) is 4.79 Å². The first kappa shape index (κ1) is 12.9. The second-order valence-electron chi connectivity index (χ2n) is 6.61. The van der Waals surface area contributed by atoms with Crippen LogP contribution >= 0.6 is 0 Å². The van der Waals surface area contributed by atoms with Crippen molar-refractivity contribution in [2.45, 2.75) is 65.0 Å². The second-order valence-corrected chi connectivity index (χ2v) is 6.61. The van der Waals surface area contributed by atoms with E-state index in [9.17, 15) is 4.79 Å². The van der Waals surface area contributed by atoms with Crippen molar-refractivity contribution in [2.75, 3.05) is 6.61 Å². The first-order chi connectivity index (χ1) is 7.97. The highest BCUT2D eigenvalue weighted by molar-refractivity contribution is 5.81. The van der Waals surface area contributed by atoms with Crippen LogP contribution in [-0.4, -0.2) is 24.7 Å². The van der Waals surface area contributed by atoms with E-state index >= 15 is 0 Å². The molecule has 1 heterocycles. The number of ether oxygens (including phenoxy) is 1. The topological polar surface area (TPSA) is 38.3 Å². The number of hydrogen-bond donors (Lipinski definition) is 1. The fourth-order valence-corrected chi connectivity index (χ4v) is 2.36. The summed E-state index contributed by atoms with van der Waals surface area (Å²) in [6.45, 7) is 7.35. The molecule has 3 nitrogen and oxygen atoms in total. The van der Waals surface area contributed by atoms with Gasteiger partial charge in [0.05, 0.1) is 0 Å². The van der Waals surface area contributed by atoms with Crippen molar-refractivity contribution >= 4 is 5.91 Å². The van der Waals surface area contributed by atoms with Gasteiger partial charge in [-0.15, -0.1) is 0 Å². The zero-order valence-corrected chi connectivity index (χ0v) is 11.3. The standard InChI is InChI=1S/C14H25NO2/c1-14(2,3)12(9-10-6-7-10)15-13(16)11-5-4-8-17-11/h10-12H,4-9H2,1-3H3,(H,15,16). The predicted molar refractivity (Wildman–Crippen MR) is 67.7 cm³/mol. The van der Waals surface area contributed by atoms with Gasteiger partial charge in [-0.1, -0.05) is 33.6 Å². The van der Waals surface area contributed by atoms with Crippen LogP contribution in [0.25, 0.3) is 0 Å². The highest BCUT2D eigenvalue weighted by atomic mass is 16.5. The van der Waals surface area contributed by atoms with Gasteiger partial charge in [0.2, 0.25) is 5.91 Å². The molecule has 2 fully saturated rings. The Kier molecular flexibility index (Phi) is 3.76. The third-order valence-electron chi connectivity index (χ3n) is 3.85. The highest BCUT2D eigenvalue weighted by Crippen LogP contribution is 2.37. The Hall–Kier alpha value is -0.570. The van der Waals surface area contributed by atoms with E-state index in [-0.39, 0.29) is 23.5 Å². The fourth-order valence-electron chi connectivity index (χ4n) is 2.36. The average molecular weight is 239 g/mol. The molecule has 98 valence electrons. The molecular formula is C14H25NO2. The molecule has 2 rings (SSSR count). The van der Waals surface area contributed by atoms with Crippen molar-refractivity contribution in [2.24, 2.45) is 11.3 Å². The zero-order valence-electron chi connectivity index (χ0n) is 11.3. The highest BCUT2D eigenvalue weighted by Gasteiger charge is 2.35. The Morgan fingerprint density at radius 1 is 1.35 bits per heavy atom. The molecule has 0 spiro atoms. The molecule has 2 atom stereocenters. The van der Waals surface area contributed by atoms with E-state index in [0.717, 1.165) is 31.8 Å². The van der Waals surface area contributed by atoms with E-state index in [1.54, 1.807) is 0 Å². The average Bonchev–Trinajstić information content (AvgIpc) is 2.88. The molecule has 1 N–H and O–H groups in total. The van der Waals surface area contributed by atoms with Crippen LogP contribution in [0.5, 0.6) is 0 Å². The van der Waals surface area contributed by atoms with Crippen molar-refractivity contribution in [3.05, 3.63) is 0 Å². The Morgan fingerprint density at radius 2 is 2.06 bits per heavy atom. The smallest absolute Gasteiger partial charge is 0.249 e. The van der Waals surface area contributed by atoms with Gasteiger partial charge in [-0.25, -0.2) is 0 Å². The molecule has 1 saturated carbocycles. The SMILES string of the molecule is CC(C)(C)C(CC1CC1)NC(=O)C1CCCO1. The molecule has 2 aliphatic rings. The summed E-state index contributed by atoms with van der Waals surface area (Å²) in [5.74, 6) is 0.937. The molecule has 1 amide bonds. The maximum atomic E-state index is 12.1. The number of amides is 1. The van der Waals surface area contributed by atoms with Crippen molar-refractivity contribution in [1.82, 2.24) is 5.32 Å². The third kappa shape index (κ3) is 3.70. The molecule has 0 aromatic carbocycles. The molecule has 3 heteroatoms. The Labute approximate surface area is 104 Å². The first-order valence-corrected chi connectivity index (χ1v) is 6.89. The minimum Gasteiger partial charge on any atom is -0.368 e. The molecule has 1 saturated heterocycles. The molecule has 1 aliphatic heterocycles. The summed E-state index contributed by atoms with van der Waals surface area (Å²) >= 11 is 0. The summed E-state index contributed by atoms with van der Waals surface area (Å²) in [7, 11) is 0. The summed E-state index contributed by atoms with van der Waals surface area (Å²) in [5.41, 5.74) is 0.136. The molecule has 0 aromatic rings. The van der Waals surface area contributed by atoms with Gasteiger partial charge >= 0.3 is 0 Å². The maximum absolute atomic E-state index is 12.1. The Bertz CT molecular complexity index is 272. The van der Waals surface area contributed by atoms with E-state index in [1.165, 1.54) is 12.8 Å². The lowest BCUT2D eigenvalue weighted by atomic mass is 9.83. The summed E-state index contributed by atoms with van der Waals surface area (Å²) in [6, 6.07) is 0.284. The maximum Gasteiger partial charge on any atom is 0.249 e. The molecule has 17 heavy (non-hydrogen) atoms. The van der Waals surface area contributed by atoms with Crippen LogP contribution in [0.2, 0.25) is 0 Å². The lowest BCUT2D eigenvalue weighted by Gasteiger charge is -2.32. The van der Waals surface area contributed by atoms with Gasteiger partial charge in [-0.2, -0.15) is 0 Å². The second kappa shape index (κ2) is 4.97. The lowest BCUT2D eigenvalue weighted by molar-refractivity contribution is -0.131. The van der Waals surface area contributed by atoms with Crippen LogP contribution in [0.3, 0.4) is 0 Å². The first-order valence-electron chi connectivity index (χ1n) is 6.89. The normalized spacial score (nSPS) is 26.9. The van der Waals surface area contributed by atoms with E-state index < -0.39 is 0 Å². The van der Waals surface area contributed by atoms with Gasteiger partial charge in [0.1, 0.15) is 6.10 Å². The number of carbonyl (C=O) groups excluding carboxylic acids is 1. The number of rotatable bonds is 4. The predicted octanol–water partition coefficient (Wildman–Crippen LogP) is 2.50. The quantitative estimate of drug-likeness (QED) is 0.818. The number of hydrogen-bond acceptors (Lipinski definition) is 2. The minimum absolute atomic E-state index is 0.100. The number of carbonyl (C=O) groups is 1. The lowest BCUT2D eigenvalue weighted by Crippen LogP contribution is -2.47. The van der Waals surface area contributed by atoms with Gasteiger partial charge in [0.25, 0.3) is 0 Å². The van der Waals surface area contributed by atoms with Crippen LogP contribution in [0.4, 0.5) is 0 Å². The summed E-state index contributed by atoms with van der Waals surface area (Å²) in [5, 5.41) is 3.21. The van der Waals surface area contributed by atoms with Gasteiger partial charge in [0, 0.05) is 12.6 Å². The van der Waals surface area contributed by atoms with Crippen molar-refractivity contribution in [1.29, 1.82) is 0 Å². The van der Waals surface area contributed by atoms with Crippen LogP contribution in [0.15, 0.2) is 0 Å². The fraction of sp³-hybridized carbons (Fsp3) is 0.929. The third-order valence-corrected chi connectivity index (χ3v) is 3.85. The van der Waals surface area contributed by atoms with E-state index in [4.69, 9.17) is 4.74 Å². The summed E-state index contributed by atoms with van der Waals surface area (Å²) < 4.78 is 5.44. The van der Waals surface area contributed by atoms with E-state index in [0.29, 0.717) is 0 Å². The largest absolute Gasteiger partial charge is 0.368 e. The Morgan fingerprint density at radius 3 is 2.53 bits per heavy atom. The number of nitrogens with one attached hydrogen (secondary N) is 1. The van der Waals surface area contributed by atoms with Crippen LogP contribution in [0, 0.1) is 11.3 Å². The molecule has 0 aromatic heterocycles.